The summed E-state index contributed by atoms with van der Waals surface area (Å²) < 4.78 is 1.56. The molecule has 0 spiro atoms. The second kappa shape index (κ2) is 8.58. The van der Waals surface area contributed by atoms with Gasteiger partial charge in [-0.25, -0.2) is 0 Å². The molecule has 144 valence electrons. The van der Waals surface area contributed by atoms with Crippen LogP contribution in [-0.4, -0.2) is 45.2 Å². The van der Waals surface area contributed by atoms with Crippen LogP contribution < -0.4 is 10.7 Å². The molecule has 7 heteroatoms. The molecule has 1 aliphatic rings. The minimum atomic E-state index is -0.173. The van der Waals surface area contributed by atoms with E-state index in [0.717, 1.165) is 25.3 Å². The summed E-state index contributed by atoms with van der Waals surface area (Å²) in [7, 11) is 0. The van der Waals surface area contributed by atoms with Gasteiger partial charge in [0.2, 0.25) is 11.3 Å². The molecule has 0 saturated carbocycles. The van der Waals surface area contributed by atoms with Crippen LogP contribution in [0.5, 0.6) is 0 Å². The largest absolute Gasteiger partial charge is 0.324 e. The standard InChI is InChI=1S/C21H22N4O2S/c26-20-13-22-25(19-7-2-1-6-18(19)20)15-21(27)23-17-5-3-4-16(12-17)14-24-8-10-28-11-9-24/h1-7,12-13H,8-11,14-15H2,(H,23,27). The second-order valence-electron chi connectivity index (χ2n) is 6.82. The van der Waals surface area contributed by atoms with Crippen molar-refractivity contribution in [2.45, 2.75) is 13.1 Å². The maximum atomic E-state index is 12.5. The second-order valence-corrected chi connectivity index (χ2v) is 8.05. The molecular formula is C21H22N4O2S. The number of anilines is 1. The van der Waals surface area contributed by atoms with Gasteiger partial charge >= 0.3 is 0 Å². The minimum Gasteiger partial charge on any atom is -0.324 e. The van der Waals surface area contributed by atoms with Crippen molar-refractivity contribution in [1.82, 2.24) is 14.7 Å². The highest BCUT2D eigenvalue weighted by atomic mass is 32.2. The van der Waals surface area contributed by atoms with Crippen molar-refractivity contribution in [3.05, 3.63) is 70.5 Å². The molecule has 0 aliphatic carbocycles. The van der Waals surface area contributed by atoms with E-state index in [0.29, 0.717) is 10.9 Å². The number of carbonyl (C=O) groups is 1. The van der Waals surface area contributed by atoms with Gasteiger partial charge in [0, 0.05) is 42.2 Å². The molecule has 1 aliphatic heterocycles. The highest BCUT2D eigenvalue weighted by Crippen LogP contribution is 2.16. The Kier molecular flexibility index (Phi) is 5.73. The summed E-state index contributed by atoms with van der Waals surface area (Å²) in [5, 5.41) is 7.63. The predicted molar refractivity (Wildman–Crippen MR) is 114 cm³/mol. The lowest BCUT2D eigenvalue weighted by Gasteiger charge is -2.26. The third kappa shape index (κ3) is 4.43. The molecule has 3 aromatic rings. The number of aromatic nitrogens is 2. The molecular weight excluding hydrogens is 372 g/mol. The quantitative estimate of drug-likeness (QED) is 0.721. The lowest BCUT2D eigenvalue weighted by Crippen LogP contribution is -2.32. The fourth-order valence-corrected chi connectivity index (χ4v) is 4.37. The summed E-state index contributed by atoms with van der Waals surface area (Å²) >= 11 is 2.00. The molecule has 2 aromatic carbocycles. The topological polar surface area (TPSA) is 67.2 Å². The molecule has 0 atom stereocenters. The van der Waals surface area contributed by atoms with E-state index in [-0.39, 0.29) is 17.9 Å². The molecule has 1 saturated heterocycles. The first-order chi connectivity index (χ1) is 13.7. The molecule has 0 bridgehead atoms. The third-order valence-electron chi connectivity index (χ3n) is 4.78. The van der Waals surface area contributed by atoms with Crippen LogP contribution in [0.2, 0.25) is 0 Å². The van der Waals surface area contributed by atoms with Crippen LogP contribution in [0.3, 0.4) is 0 Å². The smallest absolute Gasteiger partial charge is 0.246 e. The van der Waals surface area contributed by atoms with Gasteiger partial charge in [0.05, 0.1) is 11.7 Å². The number of hydrogen-bond acceptors (Lipinski definition) is 5. The number of thioether (sulfide) groups is 1. The van der Waals surface area contributed by atoms with Gasteiger partial charge in [0.15, 0.2) is 0 Å². The first-order valence-electron chi connectivity index (χ1n) is 9.33. The maximum Gasteiger partial charge on any atom is 0.246 e. The molecule has 0 unspecified atom stereocenters. The molecule has 1 N–H and O–H groups in total. The van der Waals surface area contributed by atoms with Crippen LogP contribution in [0.4, 0.5) is 5.69 Å². The Morgan fingerprint density at radius 1 is 1.11 bits per heavy atom. The molecule has 1 amide bonds. The van der Waals surface area contributed by atoms with Gasteiger partial charge in [-0.3, -0.25) is 19.2 Å². The van der Waals surface area contributed by atoms with Gasteiger partial charge in [-0.15, -0.1) is 0 Å². The van der Waals surface area contributed by atoms with Crippen molar-refractivity contribution in [3.63, 3.8) is 0 Å². The van der Waals surface area contributed by atoms with E-state index in [9.17, 15) is 9.59 Å². The van der Waals surface area contributed by atoms with Crippen molar-refractivity contribution >= 4 is 34.3 Å². The third-order valence-corrected chi connectivity index (χ3v) is 5.72. The first-order valence-corrected chi connectivity index (χ1v) is 10.5. The normalized spacial score (nSPS) is 14.9. The van der Waals surface area contributed by atoms with Crippen LogP contribution >= 0.6 is 11.8 Å². The highest BCUT2D eigenvalue weighted by molar-refractivity contribution is 7.99. The summed E-state index contributed by atoms with van der Waals surface area (Å²) in [6, 6.07) is 15.2. The Labute approximate surface area is 167 Å². The summed E-state index contributed by atoms with van der Waals surface area (Å²) in [5.74, 6) is 2.18. The van der Waals surface area contributed by atoms with Gasteiger partial charge < -0.3 is 5.32 Å². The van der Waals surface area contributed by atoms with Crippen LogP contribution in [0, 0.1) is 0 Å². The summed E-state index contributed by atoms with van der Waals surface area (Å²) in [4.78, 5) is 26.9. The number of nitrogens with one attached hydrogen (secondary N) is 1. The molecule has 1 aromatic heterocycles. The van der Waals surface area contributed by atoms with Crippen molar-refractivity contribution in [2.75, 3.05) is 29.9 Å². The van der Waals surface area contributed by atoms with E-state index in [1.54, 1.807) is 22.9 Å². The van der Waals surface area contributed by atoms with E-state index < -0.39 is 0 Å². The van der Waals surface area contributed by atoms with Crippen molar-refractivity contribution in [3.8, 4) is 0 Å². The van der Waals surface area contributed by atoms with E-state index in [4.69, 9.17) is 0 Å². The maximum absolute atomic E-state index is 12.5. The van der Waals surface area contributed by atoms with Crippen LogP contribution in [-0.2, 0) is 17.9 Å². The van der Waals surface area contributed by atoms with Crippen molar-refractivity contribution in [1.29, 1.82) is 0 Å². The Balaban J connectivity index is 1.45. The van der Waals surface area contributed by atoms with Gasteiger partial charge in [-0.05, 0) is 29.8 Å². The molecule has 0 radical (unpaired) electrons. The molecule has 1 fully saturated rings. The SMILES string of the molecule is O=C(Cn1ncc(=O)c2ccccc21)Nc1cccc(CN2CCSCC2)c1. The lowest BCUT2D eigenvalue weighted by atomic mass is 10.2. The Hall–Kier alpha value is -2.64. The Morgan fingerprint density at radius 3 is 2.79 bits per heavy atom. The summed E-state index contributed by atoms with van der Waals surface area (Å²) in [6.07, 6.45) is 1.26. The Bertz CT molecular complexity index is 1040. The number of amides is 1. The highest BCUT2D eigenvalue weighted by Gasteiger charge is 2.12. The number of hydrogen-bond donors (Lipinski definition) is 1. The molecule has 28 heavy (non-hydrogen) atoms. The molecule has 2 heterocycles. The molecule has 6 nitrogen and oxygen atoms in total. The van der Waals surface area contributed by atoms with Crippen molar-refractivity contribution < 1.29 is 4.79 Å². The van der Waals surface area contributed by atoms with Gasteiger partial charge in [0.25, 0.3) is 0 Å². The van der Waals surface area contributed by atoms with E-state index in [2.05, 4.69) is 21.4 Å². The fourth-order valence-electron chi connectivity index (χ4n) is 3.39. The average molecular weight is 395 g/mol. The van der Waals surface area contributed by atoms with Gasteiger partial charge in [0.1, 0.15) is 6.54 Å². The number of rotatable bonds is 5. The van der Waals surface area contributed by atoms with Crippen LogP contribution in [0.1, 0.15) is 5.56 Å². The number of benzene rings is 2. The minimum absolute atomic E-state index is 0.0500. The summed E-state index contributed by atoms with van der Waals surface area (Å²) in [6.45, 7) is 3.16. The van der Waals surface area contributed by atoms with Gasteiger partial charge in [-0.2, -0.15) is 16.9 Å². The lowest BCUT2D eigenvalue weighted by molar-refractivity contribution is -0.116. The number of fused-ring (bicyclic) bond motifs is 1. The average Bonchev–Trinajstić information content (AvgIpc) is 2.71. The van der Waals surface area contributed by atoms with Crippen LogP contribution in [0.15, 0.2) is 59.5 Å². The Morgan fingerprint density at radius 2 is 1.93 bits per heavy atom. The zero-order chi connectivity index (χ0) is 19.3. The molecule has 4 rings (SSSR count). The van der Waals surface area contributed by atoms with Crippen LogP contribution in [0.25, 0.3) is 10.9 Å². The van der Waals surface area contributed by atoms with E-state index in [1.807, 2.05) is 36.0 Å². The van der Waals surface area contributed by atoms with Crippen molar-refractivity contribution in [2.24, 2.45) is 0 Å². The zero-order valence-corrected chi connectivity index (χ0v) is 16.3. The first kappa shape index (κ1) is 18.7. The van der Waals surface area contributed by atoms with E-state index >= 15 is 0 Å². The van der Waals surface area contributed by atoms with E-state index in [1.165, 1.54) is 23.3 Å². The van der Waals surface area contributed by atoms with Gasteiger partial charge in [-0.1, -0.05) is 24.3 Å². The fraction of sp³-hybridized carbons (Fsp3) is 0.286. The number of carbonyl (C=O) groups excluding carboxylic acids is 1. The summed E-state index contributed by atoms with van der Waals surface area (Å²) in [5.41, 5.74) is 2.48. The zero-order valence-electron chi connectivity index (χ0n) is 15.5. The number of nitrogens with zero attached hydrogens (tertiary/aromatic N) is 3. The monoisotopic (exact) mass is 394 g/mol. The number of para-hydroxylation sites is 1. The predicted octanol–water partition coefficient (Wildman–Crippen LogP) is 2.58.